The summed E-state index contributed by atoms with van der Waals surface area (Å²) in [6, 6.07) is 13.2. The summed E-state index contributed by atoms with van der Waals surface area (Å²) in [5, 5.41) is 9.77. The predicted octanol–water partition coefficient (Wildman–Crippen LogP) is 3.40. The van der Waals surface area contributed by atoms with Gasteiger partial charge in [0.15, 0.2) is 0 Å². The molecular formula is C16H14BrN3O2. The van der Waals surface area contributed by atoms with Crippen molar-refractivity contribution in [3.8, 4) is 11.3 Å². The van der Waals surface area contributed by atoms with Gasteiger partial charge in [-0.2, -0.15) is 5.10 Å². The number of halogens is 1. The SMILES string of the molecule is O=C(NCCc1ccco1)c1cc(-c2ccc(Br)cc2)n[nH]1. The Hall–Kier alpha value is -2.34. The molecule has 0 aliphatic carbocycles. The van der Waals surface area contributed by atoms with Gasteiger partial charge in [0.2, 0.25) is 0 Å². The molecule has 0 saturated carbocycles. The number of nitrogens with zero attached hydrogens (tertiary/aromatic N) is 1. The molecule has 3 rings (SSSR count). The summed E-state index contributed by atoms with van der Waals surface area (Å²) in [6.07, 6.45) is 2.28. The average molecular weight is 360 g/mol. The summed E-state index contributed by atoms with van der Waals surface area (Å²) < 4.78 is 6.22. The molecule has 2 aromatic heterocycles. The van der Waals surface area contributed by atoms with Crippen LogP contribution in [-0.2, 0) is 6.42 Å². The predicted molar refractivity (Wildman–Crippen MR) is 86.5 cm³/mol. The van der Waals surface area contributed by atoms with Crippen LogP contribution >= 0.6 is 15.9 Å². The molecule has 22 heavy (non-hydrogen) atoms. The summed E-state index contributed by atoms with van der Waals surface area (Å²) in [6.45, 7) is 0.513. The summed E-state index contributed by atoms with van der Waals surface area (Å²) in [7, 11) is 0. The Morgan fingerprint density at radius 2 is 2.09 bits per heavy atom. The second-order valence-electron chi connectivity index (χ2n) is 4.76. The lowest BCUT2D eigenvalue weighted by Gasteiger charge is -2.01. The molecule has 0 aliphatic rings. The van der Waals surface area contributed by atoms with Gasteiger partial charge in [-0.25, -0.2) is 0 Å². The number of carbonyl (C=O) groups excluding carboxylic acids is 1. The van der Waals surface area contributed by atoms with E-state index < -0.39 is 0 Å². The van der Waals surface area contributed by atoms with Gasteiger partial charge >= 0.3 is 0 Å². The minimum atomic E-state index is -0.178. The van der Waals surface area contributed by atoms with Gasteiger partial charge in [0.1, 0.15) is 11.5 Å². The number of benzene rings is 1. The third-order valence-electron chi connectivity index (χ3n) is 3.20. The zero-order chi connectivity index (χ0) is 15.4. The largest absolute Gasteiger partial charge is 0.469 e. The van der Waals surface area contributed by atoms with Crippen LogP contribution in [0.5, 0.6) is 0 Å². The van der Waals surface area contributed by atoms with Crippen LogP contribution < -0.4 is 5.32 Å². The highest BCUT2D eigenvalue weighted by molar-refractivity contribution is 9.10. The first-order chi connectivity index (χ1) is 10.7. The number of hydrogen-bond donors (Lipinski definition) is 2. The number of amides is 1. The van der Waals surface area contributed by atoms with E-state index in [1.54, 1.807) is 12.3 Å². The number of nitrogens with one attached hydrogen (secondary N) is 2. The molecule has 0 bridgehead atoms. The van der Waals surface area contributed by atoms with E-state index >= 15 is 0 Å². The molecule has 5 nitrogen and oxygen atoms in total. The zero-order valence-corrected chi connectivity index (χ0v) is 13.3. The van der Waals surface area contributed by atoms with Crippen molar-refractivity contribution < 1.29 is 9.21 Å². The summed E-state index contributed by atoms with van der Waals surface area (Å²) in [4.78, 5) is 12.1. The van der Waals surface area contributed by atoms with E-state index in [0.29, 0.717) is 18.7 Å². The molecule has 0 aliphatic heterocycles. The Bertz CT molecular complexity index is 748. The standard InChI is InChI=1S/C16H14BrN3O2/c17-12-5-3-11(4-6-12)14-10-15(20-19-14)16(21)18-8-7-13-2-1-9-22-13/h1-6,9-10H,7-8H2,(H,18,21)(H,19,20). The van der Waals surface area contributed by atoms with Crippen molar-refractivity contribution in [1.29, 1.82) is 0 Å². The third-order valence-corrected chi connectivity index (χ3v) is 3.73. The molecule has 3 aromatic rings. The van der Waals surface area contributed by atoms with Crippen molar-refractivity contribution in [2.45, 2.75) is 6.42 Å². The smallest absolute Gasteiger partial charge is 0.269 e. The number of aromatic nitrogens is 2. The van der Waals surface area contributed by atoms with Crippen LogP contribution in [0, 0.1) is 0 Å². The number of rotatable bonds is 5. The quantitative estimate of drug-likeness (QED) is 0.733. The van der Waals surface area contributed by atoms with Crippen LogP contribution in [0.4, 0.5) is 0 Å². The highest BCUT2D eigenvalue weighted by Gasteiger charge is 2.10. The maximum Gasteiger partial charge on any atom is 0.269 e. The highest BCUT2D eigenvalue weighted by Crippen LogP contribution is 2.20. The second-order valence-corrected chi connectivity index (χ2v) is 5.67. The van der Waals surface area contributed by atoms with E-state index in [1.165, 1.54) is 0 Å². The van der Waals surface area contributed by atoms with Crippen molar-refractivity contribution in [3.63, 3.8) is 0 Å². The molecule has 0 spiro atoms. The number of carbonyl (C=O) groups is 1. The monoisotopic (exact) mass is 359 g/mol. The molecule has 2 heterocycles. The lowest BCUT2D eigenvalue weighted by atomic mass is 10.1. The molecule has 1 aromatic carbocycles. The van der Waals surface area contributed by atoms with Gasteiger partial charge < -0.3 is 9.73 Å². The number of furan rings is 1. The molecular weight excluding hydrogens is 346 g/mol. The fraction of sp³-hybridized carbons (Fsp3) is 0.125. The maximum atomic E-state index is 12.1. The van der Waals surface area contributed by atoms with Gasteiger partial charge in [0.05, 0.1) is 12.0 Å². The van der Waals surface area contributed by atoms with Gasteiger partial charge in [0.25, 0.3) is 5.91 Å². The minimum Gasteiger partial charge on any atom is -0.469 e. The Morgan fingerprint density at radius 1 is 1.27 bits per heavy atom. The molecule has 0 fully saturated rings. The highest BCUT2D eigenvalue weighted by atomic mass is 79.9. The first kappa shape index (κ1) is 14.6. The van der Waals surface area contributed by atoms with E-state index in [1.807, 2.05) is 36.4 Å². The van der Waals surface area contributed by atoms with Crippen LogP contribution in [0.1, 0.15) is 16.2 Å². The number of aromatic amines is 1. The van der Waals surface area contributed by atoms with Crippen molar-refractivity contribution >= 4 is 21.8 Å². The Balaban J connectivity index is 1.60. The zero-order valence-electron chi connectivity index (χ0n) is 11.7. The van der Waals surface area contributed by atoms with E-state index in [9.17, 15) is 4.79 Å². The molecule has 0 saturated heterocycles. The van der Waals surface area contributed by atoms with Crippen molar-refractivity contribution in [3.05, 3.63) is 64.7 Å². The normalized spacial score (nSPS) is 10.6. The summed E-state index contributed by atoms with van der Waals surface area (Å²) in [5.41, 5.74) is 2.13. The topological polar surface area (TPSA) is 70.9 Å². The second kappa shape index (κ2) is 6.62. The van der Waals surface area contributed by atoms with Gasteiger partial charge in [-0.05, 0) is 30.3 Å². The third kappa shape index (κ3) is 3.46. The van der Waals surface area contributed by atoms with Crippen molar-refractivity contribution in [2.75, 3.05) is 6.54 Å². The van der Waals surface area contributed by atoms with Gasteiger partial charge in [-0.15, -0.1) is 0 Å². The minimum absolute atomic E-state index is 0.178. The lowest BCUT2D eigenvalue weighted by Crippen LogP contribution is -2.25. The molecule has 2 N–H and O–H groups in total. The number of H-pyrrole nitrogens is 1. The molecule has 6 heteroatoms. The summed E-state index contributed by atoms with van der Waals surface area (Å²) in [5.74, 6) is 0.669. The van der Waals surface area contributed by atoms with Crippen molar-refractivity contribution in [2.24, 2.45) is 0 Å². The van der Waals surface area contributed by atoms with Crippen LogP contribution in [0.15, 0.2) is 57.6 Å². The molecule has 0 radical (unpaired) electrons. The van der Waals surface area contributed by atoms with Gasteiger partial charge in [0, 0.05) is 23.0 Å². The van der Waals surface area contributed by atoms with E-state index in [0.717, 1.165) is 21.5 Å². The maximum absolute atomic E-state index is 12.1. The van der Waals surface area contributed by atoms with E-state index in [-0.39, 0.29) is 5.91 Å². The van der Waals surface area contributed by atoms with E-state index in [4.69, 9.17) is 4.42 Å². The molecule has 0 unspecified atom stereocenters. The van der Waals surface area contributed by atoms with Crippen molar-refractivity contribution in [1.82, 2.24) is 15.5 Å². The Kier molecular flexibility index (Phi) is 4.39. The average Bonchev–Trinajstić information content (AvgIpc) is 3.19. The van der Waals surface area contributed by atoms with Crippen LogP contribution in [0.2, 0.25) is 0 Å². The molecule has 112 valence electrons. The molecule has 1 amide bonds. The molecule has 0 atom stereocenters. The Labute approximate surface area is 135 Å². The van der Waals surface area contributed by atoms with Crippen LogP contribution in [0.25, 0.3) is 11.3 Å². The number of hydrogen-bond acceptors (Lipinski definition) is 3. The van der Waals surface area contributed by atoms with Crippen LogP contribution in [0.3, 0.4) is 0 Å². The van der Waals surface area contributed by atoms with Gasteiger partial charge in [-0.3, -0.25) is 9.89 Å². The Morgan fingerprint density at radius 3 is 2.82 bits per heavy atom. The van der Waals surface area contributed by atoms with Gasteiger partial charge in [-0.1, -0.05) is 28.1 Å². The fourth-order valence-corrected chi connectivity index (χ4v) is 2.32. The van der Waals surface area contributed by atoms with Crippen LogP contribution in [-0.4, -0.2) is 22.6 Å². The summed E-state index contributed by atoms with van der Waals surface area (Å²) >= 11 is 3.39. The van der Waals surface area contributed by atoms with E-state index in [2.05, 4.69) is 31.4 Å². The first-order valence-electron chi connectivity index (χ1n) is 6.84. The fourth-order valence-electron chi connectivity index (χ4n) is 2.06. The first-order valence-corrected chi connectivity index (χ1v) is 7.63. The lowest BCUT2D eigenvalue weighted by molar-refractivity contribution is 0.0948.